The molecule has 0 aromatic heterocycles. The smallest absolute Gasteiger partial charge is 0.822 e. The summed E-state index contributed by atoms with van der Waals surface area (Å²) in [5.41, 5.74) is 0. The molecule has 0 fully saturated rings. The van der Waals surface area contributed by atoms with Crippen LogP contribution >= 0.6 is 15.6 Å². The Bertz CT molecular complexity index is 134. The van der Waals surface area contributed by atoms with Crippen LogP contribution in [-0.2, 0) is 60.0 Å². The average molecular weight is 360 g/mol. The summed E-state index contributed by atoms with van der Waals surface area (Å²) >= 11 is 0. The van der Waals surface area contributed by atoms with Crippen LogP contribution in [0.3, 0.4) is 0 Å². The first-order chi connectivity index (χ1) is 4.00. The predicted octanol–water partition coefficient (Wildman–Crippen LogP) is -5.66. The first-order valence-corrected chi connectivity index (χ1v) is 4.38. The van der Waals surface area contributed by atoms with E-state index in [0.717, 1.165) is 0 Å². The van der Waals surface area contributed by atoms with Crippen molar-refractivity contribution in [2.75, 3.05) is 0 Å². The minimum Gasteiger partial charge on any atom is -0.822 e. The SMILES string of the molecule is O=P([O-])([O-])[O-].O=P([O-])([O-])[O-].[Co+2].[Fe+2].[Mn+2]. The predicted molar refractivity (Wildman–Crippen MR) is 15.2 cm³/mol. The number of phosphoric acid groups is 2. The second-order valence-electron chi connectivity index (χ2n) is 0.894. The summed E-state index contributed by atoms with van der Waals surface area (Å²) in [5, 5.41) is 0. The van der Waals surface area contributed by atoms with Gasteiger partial charge in [-0.1, -0.05) is 0 Å². The van der Waals surface area contributed by atoms with E-state index in [1.807, 2.05) is 0 Å². The average Bonchev–Trinajstić information content (AvgIpc) is 1.12. The largest absolute Gasteiger partial charge is 2.00 e. The van der Waals surface area contributed by atoms with E-state index in [1.165, 1.54) is 0 Å². The molecule has 2 radical (unpaired) electrons. The van der Waals surface area contributed by atoms with E-state index < -0.39 is 15.6 Å². The Morgan fingerprint density at radius 1 is 0.692 bits per heavy atom. The van der Waals surface area contributed by atoms with Crippen molar-refractivity contribution in [1.82, 2.24) is 0 Å². The van der Waals surface area contributed by atoms with Crippen LogP contribution in [0.1, 0.15) is 0 Å². The Morgan fingerprint density at radius 2 is 0.692 bits per heavy atom. The zero-order valence-electron chi connectivity index (χ0n) is 5.23. The van der Waals surface area contributed by atoms with E-state index in [0.29, 0.717) is 0 Å². The van der Waals surface area contributed by atoms with Gasteiger partial charge in [-0.15, -0.1) is 0 Å². The maximum absolute atomic E-state index is 8.55. The first-order valence-electron chi connectivity index (χ1n) is 1.46. The fourth-order valence-electron chi connectivity index (χ4n) is 0. The zero-order chi connectivity index (χ0) is 9.00. The fraction of sp³-hybridized carbons (Fsp3) is 0. The Balaban J connectivity index is -0.0000000267. The molecule has 13 heteroatoms. The number of rotatable bonds is 0. The summed E-state index contributed by atoms with van der Waals surface area (Å²) in [7, 11) is -10.8. The van der Waals surface area contributed by atoms with E-state index in [1.54, 1.807) is 0 Å². The molecule has 0 amide bonds. The maximum atomic E-state index is 8.55. The molecule has 0 heterocycles. The molecule has 0 aromatic rings. The molecule has 8 nitrogen and oxygen atoms in total. The third-order valence-electron chi connectivity index (χ3n) is 0. The Kier molecular flexibility index (Phi) is 26.7. The molecule has 0 aliphatic heterocycles. The van der Waals surface area contributed by atoms with Gasteiger partial charge < -0.3 is 38.5 Å². The summed E-state index contributed by atoms with van der Waals surface area (Å²) in [6.07, 6.45) is 0. The molecular weight excluding hydrogens is 360 g/mol. The Labute approximate surface area is 105 Å². The van der Waals surface area contributed by atoms with Gasteiger partial charge in [-0.05, 0) is 0 Å². The number of hydrogen-bond donors (Lipinski definition) is 0. The summed E-state index contributed by atoms with van der Waals surface area (Å²) in [6.45, 7) is 0. The second-order valence-corrected chi connectivity index (χ2v) is 2.68. The van der Waals surface area contributed by atoms with Gasteiger partial charge in [0.1, 0.15) is 0 Å². The topological polar surface area (TPSA) is 172 Å². The molecule has 0 saturated carbocycles. The van der Waals surface area contributed by atoms with Crippen LogP contribution in [0, 0.1) is 0 Å². The summed E-state index contributed by atoms with van der Waals surface area (Å²) in [6, 6.07) is 0. The van der Waals surface area contributed by atoms with Gasteiger partial charge in [0.05, 0.1) is 0 Å². The standard InChI is InChI=1S/Co.Fe.Mn.2H3O4P/c;;;2*1-5(2,3)4/h;;;2*(H3,1,2,3,4)/q3*+2;;/p-6. The van der Waals surface area contributed by atoms with Gasteiger partial charge in [0.15, 0.2) is 0 Å². The van der Waals surface area contributed by atoms with Crippen molar-refractivity contribution >= 4 is 15.6 Å². The van der Waals surface area contributed by atoms with Crippen molar-refractivity contribution in [3.8, 4) is 0 Å². The van der Waals surface area contributed by atoms with E-state index in [-0.39, 0.29) is 50.9 Å². The molecule has 0 aliphatic carbocycles. The van der Waals surface area contributed by atoms with Gasteiger partial charge in [0, 0.05) is 0 Å². The summed E-state index contributed by atoms with van der Waals surface area (Å²) in [4.78, 5) is 51.3. The normalized spacial score (nSPS) is 9.08. The van der Waals surface area contributed by atoms with Crippen molar-refractivity contribution in [3.05, 3.63) is 0 Å². The van der Waals surface area contributed by atoms with Gasteiger partial charge >= 0.3 is 50.9 Å². The fourth-order valence-corrected chi connectivity index (χ4v) is 0. The Hall–Kier alpha value is 1.77. The molecule has 0 aromatic carbocycles. The zero-order valence-corrected chi connectivity index (χ0v) is 10.3. The van der Waals surface area contributed by atoms with E-state index >= 15 is 0 Å². The third kappa shape index (κ3) is 611. The van der Waals surface area contributed by atoms with Crippen LogP contribution in [0.25, 0.3) is 0 Å². The summed E-state index contributed by atoms with van der Waals surface area (Å²) in [5.74, 6) is 0. The van der Waals surface area contributed by atoms with Crippen molar-refractivity contribution in [2.45, 2.75) is 0 Å². The molecule has 0 spiro atoms. The van der Waals surface area contributed by atoms with Gasteiger partial charge in [0.2, 0.25) is 0 Å². The minimum atomic E-state index is -5.39. The molecule has 13 heavy (non-hydrogen) atoms. The van der Waals surface area contributed by atoms with Gasteiger partial charge in [0.25, 0.3) is 0 Å². The molecular formula is CoFeMnO8P2. The maximum Gasteiger partial charge on any atom is 2.00 e. The summed E-state index contributed by atoms with van der Waals surface area (Å²) < 4.78 is 17.1. The molecule has 0 aliphatic rings. The molecule has 0 bridgehead atoms. The monoisotopic (exact) mass is 360 g/mol. The van der Waals surface area contributed by atoms with Crippen LogP contribution < -0.4 is 29.4 Å². The van der Waals surface area contributed by atoms with Gasteiger partial charge in [-0.25, -0.2) is 0 Å². The molecule has 0 atom stereocenters. The van der Waals surface area contributed by atoms with Crippen molar-refractivity contribution in [1.29, 1.82) is 0 Å². The second kappa shape index (κ2) is 11.8. The first kappa shape index (κ1) is 29.3. The minimum absolute atomic E-state index is 0. The Morgan fingerprint density at radius 3 is 0.692 bits per heavy atom. The molecule has 82 valence electrons. The molecule has 0 saturated heterocycles. The van der Waals surface area contributed by atoms with Gasteiger partial charge in [-0.2, -0.15) is 15.6 Å². The molecule has 0 unspecified atom stereocenters. The van der Waals surface area contributed by atoms with Crippen molar-refractivity contribution < 1.29 is 89.4 Å². The van der Waals surface area contributed by atoms with Crippen LogP contribution in [0.4, 0.5) is 0 Å². The third-order valence-corrected chi connectivity index (χ3v) is 0. The van der Waals surface area contributed by atoms with E-state index in [9.17, 15) is 0 Å². The molecule has 0 N–H and O–H groups in total. The quantitative estimate of drug-likeness (QED) is 0.304. The van der Waals surface area contributed by atoms with Crippen LogP contribution in [-0.4, -0.2) is 0 Å². The van der Waals surface area contributed by atoms with Crippen molar-refractivity contribution in [3.63, 3.8) is 0 Å². The van der Waals surface area contributed by atoms with E-state index in [4.69, 9.17) is 38.5 Å². The van der Waals surface area contributed by atoms with Crippen molar-refractivity contribution in [2.24, 2.45) is 0 Å². The number of hydrogen-bond acceptors (Lipinski definition) is 8. The van der Waals surface area contributed by atoms with Gasteiger partial charge in [-0.3, -0.25) is 0 Å². The van der Waals surface area contributed by atoms with Crippen LogP contribution in [0.5, 0.6) is 0 Å². The van der Waals surface area contributed by atoms with Crippen LogP contribution in [0.2, 0.25) is 0 Å². The van der Waals surface area contributed by atoms with E-state index in [2.05, 4.69) is 0 Å². The van der Waals surface area contributed by atoms with Crippen LogP contribution in [0.15, 0.2) is 0 Å². The molecule has 0 rings (SSSR count).